The first-order valence-electron chi connectivity index (χ1n) is 5.43. The fourth-order valence-electron chi connectivity index (χ4n) is 1.93. The third kappa shape index (κ3) is 2.77. The molecule has 2 rings (SSSR count). The van der Waals surface area contributed by atoms with Crippen LogP contribution < -0.4 is 0 Å². The van der Waals surface area contributed by atoms with Gasteiger partial charge in [0, 0.05) is 21.1 Å². The third-order valence-electron chi connectivity index (χ3n) is 2.80. The van der Waals surface area contributed by atoms with Gasteiger partial charge in [-0.05, 0) is 60.1 Å². The molecule has 2 nitrogen and oxygen atoms in total. The van der Waals surface area contributed by atoms with Gasteiger partial charge in [-0.3, -0.25) is 4.79 Å². The Morgan fingerprint density at radius 2 is 1.94 bits per heavy atom. The van der Waals surface area contributed by atoms with Gasteiger partial charge in [-0.1, -0.05) is 15.9 Å². The molecule has 0 unspecified atom stereocenters. The summed E-state index contributed by atoms with van der Waals surface area (Å²) in [5.74, 6) is 0.172. The highest BCUT2D eigenvalue weighted by molar-refractivity contribution is 14.1. The van der Waals surface area contributed by atoms with Crippen LogP contribution in [0.15, 0.2) is 22.7 Å². The van der Waals surface area contributed by atoms with Crippen LogP contribution in [0.5, 0.6) is 0 Å². The van der Waals surface area contributed by atoms with E-state index in [1.807, 2.05) is 23.1 Å². The van der Waals surface area contributed by atoms with Crippen LogP contribution in [0.4, 0.5) is 0 Å². The minimum absolute atomic E-state index is 0.172. The Kier molecular flexibility index (Phi) is 4.24. The molecule has 0 spiro atoms. The summed E-state index contributed by atoms with van der Waals surface area (Å²) in [4.78, 5) is 14.2. The number of carbonyl (C=O) groups is 1. The lowest BCUT2D eigenvalue weighted by Crippen LogP contribution is -2.36. The molecule has 1 fully saturated rings. The molecule has 4 heteroatoms. The Morgan fingerprint density at radius 3 is 2.62 bits per heavy atom. The van der Waals surface area contributed by atoms with Gasteiger partial charge in [0.15, 0.2) is 0 Å². The first-order valence-corrected chi connectivity index (χ1v) is 7.30. The van der Waals surface area contributed by atoms with Crippen molar-refractivity contribution in [3.63, 3.8) is 0 Å². The predicted octanol–water partition coefficient (Wildman–Crippen LogP) is 3.68. The van der Waals surface area contributed by atoms with Crippen molar-refractivity contribution in [2.45, 2.75) is 19.3 Å². The van der Waals surface area contributed by atoms with Crippen LogP contribution >= 0.6 is 38.5 Å². The molecule has 0 saturated carbocycles. The largest absolute Gasteiger partial charge is 0.339 e. The topological polar surface area (TPSA) is 20.3 Å². The average Bonchev–Trinajstić information content (AvgIpc) is 2.32. The quantitative estimate of drug-likeness (QED) is 0.666. The summed E-state index contributed by atoms with van der Waals surface area (Å²) in [5.41, 5.74) is 0.817. The van der Waals surface area contributed by atoms with Gasteiger partial charge in [0.25, 0.3) is 5.91 Å². The number of piperidine rings is 1. The first-order chi connectivity index (χ1) is 7.68. The van der Waals surface area contributed by atoms with Gasteiger partial charge in [0.1, 0.15) is 0 Å². The highest BCUT2D eigenvalue weighted by Crippen LogP contribution is 2.21. The van der Waals surface area contributed by atoms with Crippen molar-refractivity contribution in [3.05, 3.63) is 31.8 Å². The molecule has 0 N–H and O–H groups in total. The lowest BCUT2D eigenvalue weighted by molar-refractivity contribution is 0.0723. The number of hydrogen-bond donors (Lipinski definition) is 0. The van der Waals surface area contributed by atoms with Gasteiger partial charge in [-0.2, -0.15) is 0 Å². The van der Waals surface area contributed by atoms with E-state index in [4.69, 9.17) is 0 Å². The summed E-state index contributed by atoms with van der Waals surface area (Å²) < 4.78 is 1.99. The molecule has 1 aromatic rings. The van der Waals surface area contributed by atoms with Gasteiger partial charge in [0.2, 0.25) is 0 Å². The highest BCUT2D eigenvalue weighted by atomic mass is 127. The zero-order valence-electron chi connectivity index (χ0n) is 8.88. The van der Waals surface area contributed by atoms with Crippen LogP contribution in [-0.2, 0) is 0 Å². The zero-order chi connectivity index (χ0) is 11.5. The van der Waals surface area contributed by atoms with E-state index in [2.05, 4.69) is 38.5 Å². The van der Waals surface area contributed by atoms with Crippen molar-refractivity contribution >= 4 is 44.4 Å². The zero-order valence-corrected chi connectivity index (χ0v) is 12.6. The number of hydrogen-bond acceptors (Lipinski definition) is 1. The van der Waals surface area contributed by atoms with E-state index < -0.39 is 0 Å². The summed E-state index contributed by atoms with van der Waals surface area (Å²) in [6, 6.07) is 5.86. The Hall–Kier alpha value is -0.100. The lowest BCUT2D eigenvalue weighted by Gasteiger charge is -2.27. The number of benzene rings is 1. The Labute approximate surface area is 118 Å². The number of carbonyl (C=O) groups excluding carboxylic acids is 1. The molecule has 1 aliphatic rings. The molecular formula is C12H13BrINO. The van der Waals surface area contributed by atoms with Crippen molar-refractivity contribution in [2.24, 2.45) is 0 Å². The smallest absolute Gasteiger partial charge is 0.254 e. The molecule has 1 heterocycles. The van der Waals surface area contributed by atoms with Crippen LogP contribution in [0, 0.1) is 3.57 Å². The fourth-order valence-corrected chi connectivity index (χ4v) is 2.86. The molecule has 1 aliphatic heterocycles. The van der Waals surface area contributed by atoms with Gasteiger partial charge >= 0.3 is 0 Å². The maximum atomic E-state index is 12.3. The number of nitrogens with zero attached hydrogens (tertiary/aromatic N) is 1. The SMILES string of the molecule is O=C(c1cc(Br)ccc1I)N1CCCCC1. The molecule has 1 saturated heterocycles. The van der Waals surface area contributed by atoms with Gasteiger partial charge in [-0.25, -0.2) is 0 Å². The van der Waals surface area contributed by atoms with Crippen molar-refractivity contribution in [1.29, 1.82) is 0 Å². The van der Waals surface area contributed by atoms with Crippen molar-refractivity contribution in [2.75, 3.05) is 13.1 Å². The summed E-state index contributed by atoms with van der Waals surface area (Å²) in [7, 11) is 0. The predicted molar refractivity (Wildman–Crippen MR) is 76.6 cm³/mol. The summed E-state index contributed by atoms with van der Waals surface area (Å²) in [6.07, 6.45) is 3.52. The minimum atomic E-state index is 0.172. The molecule has 0 bridgehead atoms. The lowest BCUT2D eigenvalue weighted by atomic mass is 10.1. The maximum absolute atomic E-state index is 12.3. The Balaban J connectivity index is 2.22. The van der Waals surface area contributed by atoms with E-state index in [-0.39, 0.29) is 5.91 Å². The Morgan fingerprint density at radius 1 is 1.25 bits per heavy atom. The normalized spacial score (nSPS) is 16.2. The molecule has 1 aromatic carbocycles. The molecule has 0 aliphatic carbocycles. The van der Waals surface area contributed by atoms with Crippen LogP contribution in [0.25, 0.3) is 0 Å². The van der Waals surface area contributed by atoms with E-state index in [0.717, 1.165) is 39.5 Å². The second-order valence-electron chi connectivity index (χ2n) is 3.98. The van der Waals surface area contributed by atoms with Crippen molar-refractivity contribution < 1.29 is 4.79 Å². The monoisotopic (exact) mass is 393 g/mol. The molecular weight excluding hydrogens is 381 g/mol. The van der Waals surface area contributed by atoms with Crippen LogP contribution in [0.1, 0.15) is 29.6 Å². The second-order valence-corrected chi connectivity index (χ2v) is 6.05. The van der Waals surface area contributed by atoms with E-state index in [1.54, 1.807) is 0 Å². The first kappa shape index (κ1) is 12.4. The highest BCUT2D eigenvalue weighted by Gasteiger charge is 2.20. The number of halogens is 2. The summed E-state index contributed by atoms with van der Waals surface area (Å²) in [5, 5.41) is 0. The Bertz CT molecular complexity index is 402. The maximum Gasteiger partial charge on any atom is 0.254 e. The van der Waals surface area contributed by atoms with E-state index in [9.17, 15) is 4.79 Å². The van der Waals surface area contributed by atoms with E-state index in [1.165, 1.54) is 6.42 Å². The molecule has 1 amide bonds. The van der Waals surface area contributed by atoms with Crippen molar-refractivity contribution in [3.8, 4) is 0 Å². The van der Waals surface area contributed by atoms with Gasteiger partial charge in [0.05, 0.1) is 5.56 Å². The fraction of sp³-hybridized carbons (Fsp3) is 0.417. The van der Waals surface area contributed by atoms with E-state index in [0.29, 0.717) is 0 Å². The number of amides is 1. The van der Waals surface area contributed by atoms with Crippen LogP contribution in [0.3, 0.4) is 0 Å². The summed E-state index contributed by atoms with van der Waals surface area (Å²) in [6.45, 7) is 1.81. The average molecular weight is 394 g/mol. The van der Waals surface area contributed by atoms with E-state index >= 15 is 0 Å². The molecule has 0 atom stereocenters. The summed E-state index contributed by atoms with van der Waals surface area (Å²) >= 11 is 5.63. The molecule has 86 valence electrons. The molecule has 0 radical (unpaired) electrons. The van der Waals surface area contributed by atoms with Crippen LogP contribution in [-0.4, -0.2) is 23.9 Å². The number of rotatable bonds is 1. The third-order valence-corrected chi connectivity index (χ3v) is 4.24. The number of likely N-dealkylation sites (tertiary alicyclic amines) is 1. The van der Waals surface area contributed by atoms with Gasteiger partial charge < -0.3 is 4.90 Å². The minimum Gasteiger partial charge on any atom is -0.339 e. The van der Waals surface area contributed by atoms with Gasteiger partial charge in [-0.15, -0.1) is 0 Å². The van der Waals surface area contributed by atoms with Crippen molar-refractivity contribution in [1.82, 2.24) is 4.90 Å². The molecule has 0 aromatic heterocycles. The molecule has 16 heavy (non-hydrogen) atoms. The standard InChI is InChI=1S/C12H13BrINO/c13-9-4-5-11(14)10(8-9)12(16)15-6-2-1-3-7-15/h4-5,8H,1-3,6-7H2. The second kappa shape index (κ2) is 5.49. The van der Waals surface area contributed by atoms with Crippen LogP contribution in [0.2, 0.25) is 0 Å².